The fraction of sp³-hybridized carbons (Fsp3) is 0. The van der Waals surface area contributed by atoms with Crippen LogP contribution in [0.4, 0.5) is 5.13 Å². The zero-order valence-corrected chi connectivity index (χ0v) is 8.71. The Bertz CT molecular complexity index is 500. The Kier molecular flexibility index (Phi) is 2.18. The highest BCUT2D eigenvalue weighted by Crippen LogP contribution is 2.29. The first-order valence-electron chi connectivity index (χ1n) is 3.41. The molecule has 13 heavy (non-hydrogen) atoms. The van der Waals surface area contributed by atoms with Gasteiger partial charge in [-0.1, -0.05) is 15.9 Å². The molecule has 0 fully saturated rings. The number of halogens is 1. The van der Waals surface area contributed by atoms with Gasteiger partial charge in [-0.15, -0.1) is 11.3 Å². The number of benzene rings is 1. The Morgan fingerprint density at radius 3 is 3.15 bits per heavy atom. The molecule has 1 aromatic heterocycles. The molecule has 0 atom stereocenters. The second-order valence-electron chi connectivity index (χ2n) is 2.30. The van der Waals surface area contributed by atoms with Crippen LogP contribution >= 0.6 is 27.3 Å². The second kappa shape index (κ2) is 3.33. The molecule has 1 aromatic carbocycles. The van der Waals surface area contributed by atoms with Gasteiger partial charge in [0, 0.05) is 9.38 Å². The maximum atomic E-state index is 8.22. The Hall–Kier alpha value is -1.10. The van der Waals surface area contributed by atoms with Gasteiger partial charge < -0.3 is 0 Å². The van der Waals surface area contributed by atoms with Crippen molar-refractivity contribution >= 4 is 42.6 Å². The molecular formula is C7H3BrN4S. The summed E-state index contributed by atoms with van der Waals surface area (Å²) in [6.45, 7) is 0. The summed E-state index contributed by atoms with van der Waals surface area (Å²) in [5.41, 5.74) is 9.07. The fourth-order valence-electron chi connectivity index (χ4n) is 0.967. The van der Waals surface area contributed by atoms with Crippen LogP contribution in [0.2, 0.25) is 0 Å². The smallest absolute Gasteiger partial charge is 0.181 e. The fourth-order valence-corrected chi connectivity index (χ4v) is 2.30. The van der Waals surface area contributed by atoms with Gasteiger partial charge in [-0.2, -0.15) is 0 Å². The van der Waals surface area contributed by atoms with Gasteiger partial charge in [0.15, 0.2) is 5.13 Å². The molecule has 0 saturated heterocycles. The van der Waals surface area contributed by atoms with E-state index in [1.54, 1.807) is 0 Å². The van der Waals surface area contributed by atoms with Crippen LogP contribution in [0, 0.1) is 0 Å². The van der Waals surface area contributed by atoms with Gasteiger partial charge in [0.25, 0.3) is 0 Å². The standard InChI is InChI=1S/C7H3BrN4S/c8-4-1-2-5-6(3-4)13-7(10-5)11-12-9/h1-3H. The van der Waals surface area contributed by atoms with E-state index in [9.17, 15) is 0 Å². The summed E-state index contributed by atoms with van der Waals surface area (Å²) in [6.07, 6.45) is 0. The highest BCUT2D eigenvalue weighted by atomic mass is 79.9. The first kappa shape index (κ1) is 8.50. The van der Waals surface area contributed by atoms with Gasteiger partial charge in [-0.3, -0.25) is 0 Å². The molecule has 0 bridgehead atoms. The topological polar surface area (TPSA) is 61.7 Å². The van der Waals surface area contributed by atoms with Crippen molar-refractivity contribution in [3.8, 4) is 0 Å². The van der Waals surface area contributed by atoms with Gasteiger partial charge in [-0.25, -0.2) is 4.98 Å². The molecule has 0 spiro atoms. The van der Waals surface area contributed by atoms with Gasteiger partial charge in [0.1, 0.15) is 0 Å². The number of aromatic nitrogens is 1. The Labute approximate surface area is 86.0 Å². The summed E-state index contributed by atoms with van der Waals surface area (Å²) < 4.78 is 2.01. The Balaban J connectivity index is 2.68. The van der Waals surface area contributed by atoms with Crippen LogP contribution in [-0.2, 0) is 0 Å². The van der Waals surface area contributed by atoms with Crippen LogP contribution in [-0.4, -0.2) is 4.98 Å². The van der Waals surface area contributed by atoms with Crippen molar-refractivity contribution in [1.29, 1.82) is 0 Å². The van der Waals surface area contributed by atoms with Gasteiger partial charge in [-0.05, 0) is 28.8 Å². The predicted octanol–water partition coefficient (Wildman–Crippen LogP) is 4.00. The summed E-state index contributed by atoms with van der Waals surface area (Å²) >= 11 is 4.73. The van der Waals surface area contributed by atoms with Crippen molar-refractivity contribution in [2.24, 2.45) is 5.11 Å². The highest BCUT2D eigenvalue weighted by Gasteiger charge is 2.01. The third-order valence-electron chi connectivity index (χ3n) is 1.47. The summed E-state index contributed by atoms with van der Waals surface area (Å²) in [6, 6.07) is 5.73. The molecule has 64 valence electrons. The van der Waals surface area contributed by atoms with E-state index < -0.39 is 0 Å². The largest absolute Gasteiger partial charge is 0.235 e. The molecule has 0 saturated carbocycles. The summed E-state index contributed by atoms with van der Waals surface area (Å²) in [5.74, 6) is 0. The number of rotatable bonds is 1. The lowest BCUT2D eigenvalue weighted by atomic mass is 10.3. The maximum absolute atomic E-state index is 8.22. The van der Waals surface area contributed by atoms with E-state index in [0.29, 0.717) is 5.13 Å². The van der Waals surface area contributed by atoms with Gasteiger partial charge >= 0.3 is 0 Å². The van der Waals surface area contributed by atoms with E-state index >= 15 is 0 Å². The van der Waals surface area contributed by atoms with Gasteiger partial charge in [0.2, 0.25) is 0 Å². The third kappa shape index (κ3) is 1.65. The Morgan fingerprint density at radius 2 is 2.38 bits per heavy atom. The van der Waals surface area contributed by atoms with Crippen molar-refractivity contribution in [3.63, 3.8) is 0 Å². The summed E-state index contributed by atoms with van der Waals surface area (Å²) in [7, 11) is 0. The molecule has 0 aliphatic rings. The molecule has 2 aromatic rings. The van der Waals surface area contributed by atoms with Crippen molar-refractivity contribution in [1.82, 2.24) is 4.98 Å². The van der Waals surface area contributed by atoms with E-state index in [4.69, 9.17) is 5.53 Å². The number of fused-ring (bicyclic) bond motifs is 1. The van der Waals surface area contributed by atoms with Crippen molar-refractivity contribution in [2.45, 2.75) is 0 Å². The predicted molar refractivity (Wildman–Crippen MR) is 56.1 cm³/mol. The third-order valence-corrected chi connectivity index (χ3v) is 2.87. The van der Waals surface area contributed by atoms with Crippen LogP contribution in [0.25, 0.3) is 20.7 Å². The first-order chi connectivity index (χ1) is 6.29. The SMILES string of the molecule is [N-]=[N+]=Nc1nc2ccc(Br)cc2s1. The molecule has 0 amide bonds. The van der Waals surface area contributed by atoms with Crippen molar-refractivity contribution in [2.75, 3.05) is 0 Å². The van der Waals surface area contributed by atoms with Crippen LogP contribution in [0.5, 0.6) is 0 Å². The quantitative estimate of drug-likeness (QED) is 0.431. The monoisotopic (exact) mass is 254 g/mol. The van der Waals surface area contributed by atoms with Crippen LogP contribution in [0.3, 0.4) is 0 Å². The molecule has 0 aliphatic carbocycles. The van der Waals surface area contributed by atoms with E-state index in [1.165, 1.54) is 11.3 Å². The molecule has 0 radical (unpaired) electrons. The minimum absolute atomic E-state index is 0.454. The second-order valence-corrected chi connectivity index (χ2v) is 4.22. The summed E-state index contributed by atoms with van der Waals surface area (Å²) in [5, 5.41) is 3.90. The maximum Gasteiger partial charge on any atom is 0.181 e. The highest BCUT2D eigenvalue weighted by molar-refractivity contribution is 9.10. The zero-order valence-electron chi connectivity index (χ0n) is 6.31. The molecule has 0 aliphatic heterocycles. The first-order valence-corrected chi connectivity index (χ1v) is 5.02. The number of thiazole rings is 1. The lowest BCUT2D eigenvalue weighted by molar-refractivity contribution is 1.38. The van der Waals surface area contributed by atoms with Crippen LogP contribution < -0.4 is 0 Å². The van der Waals surface area contributed by atoms with Crippen LogP contribution in [0.1, 0.15) is 0 Å². The summed E-state index contributed by atoms with van der Waals surface area (Å²) in [4.78, 5) is 6.81. The van der Waals surface area contributed by atoms with Crippen molar-refractivity contribution in [3.05, 3.63) is 33.1 Å². The number of azide groups is 1. The average molecular weight is 255 g/mol. The minimum atomic E-state index is 0.454. The number of nitrogens with zero attached hydrogens (tertiary/aromatic N) is 4. The Morgan fingerprint density at radius 1 is 1.54 bits per heavy atom. The van der Waals surface area contributed by atoms with Gasteiger partial charge in [0.05, 0.1) is 10.2 Å². The molecule has 4 nitrogen and oxygen atoms in total. The van der Waals surface area contributed by atoms with E-state index in [0.717, 1.165) is 14.7 Å². The molecular weight excluding hydrogens is 252 g/mol. The number of hydrogen-bond donors (Lipinski definition) is 0. The number of hydrogen-bond acceptors (Lipinski definition) is 3. The van der Waals surface area contributed by atoms with Crippen LogP contribution in [0.15, 0.2) is 27.8 Å². The van der Waals surface area contributed by atoms with E-state index in [2.05, 4.69) is 30.9 Å². The average Bonchev–Trinajstić information content (AvgIpc) is 2.46. The molecule has 6 heteroatoms. The molecule has 2 rings (SSSR count). The normalized spacial score (nSPS) is 9.92. The lowest BCUT2D eigenvalue weighted by Crippen LogP contribution is -1.65. The molecule has 0 N–H and O–H groups in total. The van der Waals surface area contributed by atoms with E-state index in [-0.39, 0.29) is 0 Å². The van der Waals surface area contributed by atoms with Crippen molar-refractivity contribution < 1.29 is 0 Å². The molecule has 0 unspecified atom stereocenters. The molecule has 1 heterocycles. The zero-order chi connectivity index (χ0) is 9.26. The van der Waals surface area contributed by atoms with E-state index in [1.807, 2.05) is 18.2 Å². The minimum Gasteiger partial charge on any atom is -0.235 e. The lowest BCUT2D eigenvalue weighted by Gasteiger charge is -1.86.